The molecular formula is C31H39F3N8O2. The van der Waals surface area contributed by atoms with Crippen LogP contribution in [0.1, 0.15) is 63.9 Å². The number of halogens is 3. The van der Waals surface area contributed by atoms with Crippen LogP contribution in [0.3, 0.4) is 0 Å². The van der Waals surface area contributed by atoms with Crippen molar-refractivity contribution >= 4 is 29.0 Å². The minimum Gasteiger partial charge on any atom is -0.330 e. The molecule has 3 N–H and O–H groups in total. The van der Waals surface area contributed by atoms with Crippen molar-refractivity contribution in [2.45, 2.75) is 71.6 Å². The first-order valence-electron chi connectivity index (χ1n) is 14.5. The largest absolute Gasteiger partial charge is 0.446 e. The normalized spacial score (nSPS) is 13.9. The van der Waals surface area contributed by atoms with Crippen LogP contribution in [0.25, 0.3) is 16.7 Å². The topological polar surface area (TPSA) is 124 Å². The number of aldehydes is 1. The molecule has 0 unspecified atom stereocenters. The molecule has 5 rings (SSSR count). The summed E-state index contributed by atoms with van der Waals surface area (Å²) >= 11 is 0. The summed E-state index contributed by atoms with van der Waals surface area (Å²) in [5.41, 5.74) is 11.5. The number of anilines is 2. The van der Waals surface area contributed by atoms with Crippen molar-refractivity contribution in [3.8, 4) is 5.69 Å². The van der Waals surface area contributed by atoms with Gasteiger partial charge in [-0.05, 0) is 75.2 Å². The second kappa shape index (κ2) is 13.3. The van der Waals surface area contributed by atoms with Gasteiger partial charge in [0.05, 0.1) is 5.69 Å². The Balaban J connectivity index is 0.000000670. The van der Waals surface area contributed by atoms with Gasteiger partial charge < -0.3 is 11.1 Å². The summed E-state index contributed by atoms with van der Waals surface area (Å²) in [5, 5.41) is 3.86. The molecule has 10 nitrogen and oxygen atoms in total. The van der Waals surface area contributed by atoms with E-state index in [4.69, 9.17) is 15.5 Å². The maximum Gasteiger partial charge on any atom is 0.446 e. The summed E-state index contributed by atoms with van der Waals surface area (Å²) in [5.74, 6) is 0.456. The number of nitrogens with two attached hydrogens (primary N) is 1. The average molecular weight is 613 g/mol. The number of carbonyl (C=O) groups is 1. The Labute approximate surface area is 254 Å². The van der Waals surface area contributed by atoms with Crippen LogP contribution in [0.4, 0.5) is 24.8 Å². The first-order chi connectivity index (χ1) is 20.7. The Hall–Kier alpha value is -4.10. The quantitative estimate of drug-likeness (QED) is 0.278. The highest BCUT2D eigenvalue weighted by atomic mass is 19.4. The fraction of sp³-hybridized carbons (Fsp3) is 0.452. The van der Waals surface area contributed by atoms with Gasteiger partial charge in [-0.1, -0.05) is 26.8 Å². The third-order valence-electron chi connectivity index (χ3n) is 7.23. The molecule has 1 aliphatic rings. The molecule has 4 aromatic rings. The molecule has 0 amide bonds. The average Bonchev–Trinajstić information content (AvgIpc) is 3.27. The lowest BCUT2D eigenvalue weighted by atomic mass is 9.91. The molecule has 0 atom stereocenters. The molecule has 236 valence electrons. The number of alkyl halides is 3. The minimum absolute atomic E-state index is 0.0653. The molecule has 44 heavy (non-hydrogen) atoms. The monoisotopic (exact) mass is 612 g/mol. The first-order valence-corrected chi connectivity index (χ1v) is 14.5. The number of nitrogens with zero attached hydrogens (tertiary/aromatic N) is 6. The van der Waals surface area contributed by atoms with Crippen molar-refractivity contribution in [1.82, 2.24) is 29.2 Å². The minimum atomic E-state index is -4.64. The molecule has 0 bridgehead atoms. The van der Waals surface area contributed by atoms with Crippen molar-refractivity contribution in [2.24, 2.45) is 5.73 Å². The zero-order chi connectivity index (χ0) is 32.2. The smallest absolute Gasteiger partial charge is 0.330 e. The summed E-state index contributed by atoms with van der Waals surface area (Å²) in [6, 6.07) is 10.3. The van der Waals surface area contributed by atoms with Crippen molar-refractivity contribution in [2.75, 3.05) is 25.0 Å². The number of aromatic nitrogens is 5. The zero-order valence-corrected chi connectivity index (χ0v) is 25.6. The Morgan fingerprint density at radius 2 is 1.82 bits per heavy atom. The molecule has 0 fully saturated rings. The summed E-state index contributed by atoms with van der Waals surface area (Å²) in [6.45, 7) is 14.1. The van der Waals surface area contributed by atoms with Gasteiger partial charge in [-0.15, -0.1) is 0 Å². The SMILES string of the molecule is CC(C)n1c(=O)c2cnc(Nc3ccc4c(c3)CCN(CCCN)C4)nc2n1-c1ccnc(C(C)(C)C)c1.O=CC(F)(F)F. The number of fused-ring (bicyclic) bond motifs is 2. The van der Waals surface area contributed by atoms with Gasteiger partial charge >= 0.3 is 6.18 Å². The third-order valence-corrected chi connectivity index (χ3v) is 7.23. The van der Waals surface area contributed by atoms with Gasteiger partial charge in [0.1, 0.15) is 5.39 Å². The molecule has 0 saturated carbocycles. The molecule has 3 aromatic heterocycles. The van der Waals surface area contributed by atoms with Crippen LogP contribution in [0, 0.1) is 0 Å². The lowest BCUT2D eigenvalue weighted by Gasteiger charge is -2.29. The number of hydrogen-bond donors (Lipinski definition) is 2. The lowest BCUT2D eigenvalue weighted by molar-refractivity contribution is -0.156. The van der Waals surface area contributed by atoms with Crippen LogP contribution < -0.4 is 16.6 Å². The summed E-state index contributed by atoms with van der Waals surface area (Å²) in [7, 11) is 0. The van der Waals surface area contributed by atoms with Crippen molar-refractivity contribution in [3.05, 3.63) is 69.9 Å². The predicted molar refractivity (Wildman–Crippen MR) is 165 cm³/mol. The highest BCUT2D eigenvalue weighted by Gasteiger charge is 2.25. The summed E-state index contributed by atoms with van der Waals surface area (Å²) < 4.78 is 34.9. The van der Waals surface area contributed by atoms with Crippen molar-refractivity contribution in [1.29, 1.82) is 0 Å². The standard InChI is InChI=1S/C29H38N8O.C2HF3O/c1-19(2)36-27(38)24-17-32-28(34-26(24)37(36)23-9-12-31-25(16-23)29(3,4)5)33-22-8-7-21-18-35(13-6-11-30)14-10-20(21)15-22;3-2(4,5)1-6/h7-9,12,15-17,19H,6,10-11,13-14,18,30H2,1-5H3,(H,32,33,34);1H. The highest BCUT2D eigenvalue weighted by Crippen LogP contribution is 2.27. The lowest BCUT2D eigenvalue weighted by Crippen LogP contribution is -2.32. The van der Waals surface area contributed by atoms with Gasteiger partial charge in [-0.2, -0.15) is 18.2 Å². The van der Waals surface area contributed by atoms with Crippen LogP contribution in [-0.4, -0.2) is 61.3 Å². The number of benzene rings is 1. The number of rotatable bonds is 7. The predicted octanol–water partition coefficient (Wildman–Crippen LogP) is 5.05. The van der Waals surface area contributed by atoms with Crippen LogP contribution in [0.5, 0.6) is 0 Å². The van der Waals surface area contributed by atoms with Crippen LogP contribution in [0.15, 0.2) is 47.5 Å². The second-order valence-electron chi connectivity index (χ2n) is 12.1. The first kappa shape index (κ1) is 32.8. The third kappa shape index (κ3) is 7.69. The van der Waals surface area contributed by atoms with E-state index in [9.17, 15) is 18.0 Å². The molecule has 0 saturated heterocycles. The molecule has 13 heteroatoms. The van der Waals surface area contributed by atoms with E-state index < -0.39 is 12.5 Å². The second-order valence-corrected chi connectivity index (χ2v) is 12.1. The molecule has 0 spiro atoms. The van der Waals surface area contributed by atoms with Crippen LogP contribution in [0.2, 0.25) is 0 Å². The molecule has 0 aliphatic carbocycles. The Bertz CT molecular complexity index is 1670. The fourth-order valence-electron chi connectivity index (χ4n) is 5.06. The summed E-state index contributed by atoms with van der Waals surface area (Å²) in [6.07, 6.45) is -0.254. The molecule has 1 aliphatic heterocycles. The van der Waals surface area contributed by atoms with Gasteiger partial charge in [0.25, 0.3) is 5.56 Å². The molecule has 4 heterocycles. The van der Waals surface area contributed by atoms with Gasteiger partial charge in [-0.3, -0.25) is 19.5 Å². The Kier molecular flexibility index (Phi) is 9.89. The van der Waals surface area contributed by atoms with E-state index in [0.29, 0.717) is 17.0 Å². The number of nitrogens with one attached hydrogen (secondary N) is 1. The van der Waals surface area contributed by atoms with E-state index in [1.807, 2.05) is 30.7 Å². The van der Waals surface area contributed by atoms with Gasteiger partial charge in [-0.25, -0.2) is 14.3 Å². The van der Waals surface area contributed by atoms with E-state index in [1.54, 1.807) is 17.1 Å². The Morgan fingerprint density at radius 3 is 2.45 bits per heavy atom. The van der Waals surface area contributed by atoms with E-state index in [0.717, 1.165) is 56.1 Å². The van der Waals surface area contributed by atoms with E-state index in [-0.39, 0.29) is 17.0 Å². The maximum absolute atomic E-state index is 13.4. The highest BCUT2D eigenvalue weighted by molar-refractivity contribution is 5.77. The zero-order valence-electron chi connectivity index (χ0n) is 25.6. The van der Waals surface area contributed by atoms with Crippen molar-refractivity contribution < 1.29 is 18.0 Å². The number of carbonyl (C=O) groups excluding carboxylic acids is 1. The number of pyridine rings is 1. The molecule has 0 radical (unpaired) electrons. The van der Waals surface area contributed by atoms with E-state index in [1.165, 1.54) is 11.1 Å². The van der Waals surface area contributed by atoms with Gasteiger partial charge in [0, 0.05) is 48.3 Å². The van der Waals surface area contributed by atoms with Gasteiger partial charge in [0.2, 0.25) is 12.2 Å². The summed E-state index contributed by atoms with van der Waals surface area (Å²) in [4.78, 5) is 38.5. The fourth-order valence-corrected chi connectivity index (χ4v) is 5.06. The molecular weight excluding hydrogens is 573 g/mol. The van der Waals surface area contributed by atoms with Crippen molar-refractivity contribution in [3.63, 3.8) is 0 Å². The van der Waals surface area contributed by atoms with Crippen LogP contribution >= 0.6 is 0 Å². The molecule has 1 aromatic carbocycles. The van der Waals surface area contributed by atoms with E-state index >= 15 is 0 Å². The van der Waals surface area contributed by atoms with E-state index in [2.05, 4.69) is 59.2 Å². The Morgan fingerprint density at radius 1 is 1.09 bits per heavy atom. The number of hydrogen-bond acceptors (Lipinski definition) is 8. The van der Waals surface area contributed by atoms with Gasteiger partial charge in [0.15, 0.2) is 5.65 Å². The maximum atomic E-state index is 13.4. The van der Waals surface area contributed by atoms with Crippen LogP contribution in [-0.2, 0) is 23.2 Å².